The predicted molar refractivity (Wildman–Crippen MR) is 68.0 cm³/mol. The normalized spacial score (nSPS) is 14.0. The molecule has 0 saturated heterocycles. The fourth-order valence-electron chi connectivity index (χ4n) is 1.76. The van der Waals surface area contributed by atoms with Crippen molar-refractivity contribution in [3.8, 4) is 0 Å². The molecule has 4 nitrogen and oxygen atoms in total. The summed E-state index contributed by atoms with van der Waals surface area (Å²) in [6.07, 6.45) is 2.25. The molecule has 0 spiro atoms. The van der Waals surface area contributed by atoms with Gasteiger partial charge in [0.05, 0.1) is 12.3 Å². The lowest BCUT2D eigenvalue weighted by Gasteiger charge is -2.19. The Hall–Kier alpha value is -0.870. The molecule has 1 N–H and O–H groups in total. The maximum absolute atomic E-state index is 10.1. The van der Waals surface area contributed by atoms with Gasteiger partial charge in [0.15, 0.2) is 0 Å². The van der Waals surface area contributed by atoms with Crippen molar-refractivity contribution in [1.29, 1.82) is 0 Å². The maximum Gasteiger partial charge on any atom is 0.106 e. The van der Waals surface area contributed by atoms with Crippen molar-refractivity contribution in [3.05, 3.63) is 17.5 Å². The number of ether oxygens (including phenoxy) is 1. The molecule has 4 heteroatoms. The van der Waals surface area contributed by atoms with Crippen LogP contribution in [0.5, 0.6) is 0 Å². The number of aromatic nitrogens is 2. The fraction of sp³-hybridized carbons (Fsp3) is 0.769. The predicted octanol–water partition coefficient (Wildman–Crippen LogP) is 2.18. The van der Waals surface area contributed by atoms with E-state index in [0.717, 1.165) is 17.7 Å². The van der Waals surface area contributed by atoms with Crippen molar-refractivity contribution in [3.63, 3.8) is 0 Å². The molecule has 0 radical (unpaired) electrons. The topological polar surface area (TPSA) is 47.3 Å². The number of aliphatic hydroxyl groups excluding tert-OH is 1. The molecule has 1 unspecified atom stereocenters. The van der Waals surface area contributed by atoms with E-state index in [1.165, 1.54) is 0 Å². The van der Waals surface area contributed by atoms with Crippen LogP contribution >= 0.6 is 0 Å². The first kappa shape index (κ1) is 14.2. The Bertz CT molecular complexity index is 353. The van der Waals surface area contributed by atoms with E-state index < -0.39 is 6.10 Å². The highest BCUT2D eigenvalue weighted by atomic mass is 16.5. The lowest BCUT2D eigenvalue weighted by molar-refractivity contribution is 0.0355. The SMILES string of the molecule is CCCOCC(O)c1cn(C)nc1C(C)(C)C. The standard InChI is InChI=1S/C13H24N2O2/c1-6-7-17-9-11(16)10-8-15(5)14-12(10)13(2,3)4/h8,11,16H,6-7,9H2,1-5H3. The Kier molecular flexibility index (Phi) is 4.71. The summed E-state index contributed by atoms with van der Waals surface area (Å²) < 4.78 is 7.14. The third-order valence-corrected chi connectivity index (χ3v) is 2.55. The van der Waals surface area contributed by atoms with Crippen molar-refractivity contribution in [2.45, 2.75) is 45.6 Å². The molecule has 98 valence electrons. The minimum Gasteiger partial charge on any atom is -0.386 e. The van der Waals surface area contributed by atoms with Gasteiger partial charge in [-0.15, -0.1) is 0 Å². The minimum absolute atomic E-state index is 0.0671. The van der Waals surface area contributed by atoms with E-state index in [1.807, 2.05) is 13.2 Å². The summed E-state index contributed by atoms with van der Waals surface area (Å²) in [5, 5.41) is 14.6. The summed E-state index contributed by atoms with van der Waals surface area (Å²) >= 11 is 0. The van der Waals surface area contributed by atoms with Crippen molar-refractivity contribution in [2.75, 3.05) is 13.2 Å². The van der Waals surface area contributed by atoms with Crippen molar-refractivity contribution in [2.24, 2.45) is 7.05 Å². The quantitative estimate of drug-likeness (QED) is 0.802. The van der Waals surface area contributed by atoms with E-state index in [-0.39, 0.29) is 5.41 Å². The number of rotatable bonds is 5. The van der Waals surface area contributed by atoms with Crippen LogP contribution < -0.4 is 0 Å². The van der Waals surface area contributed by atoms with Crippen LogP contribution in [0, 0.1) is 0 Å². The van der Waals surface area contributed by atoms with E-state index >= 15 is 0 Å². The zero-order valence-electron chi connectivity index (χ0n) is 11.5. The second kappa shape index (κ2) is 5.65. The highest BCUT2D eigenvalue weighted by Crippen LogP contribution is 2.28. The second-order valence-electron chi connectivity index (χ2n) is 5.45. The highest BCUT2D eigenvalue weighted by Gasteiger charge is 2.25. The van der Waals surface area contributed by atoms with E-state index in [2.05, 4.69) is 32.8 Å². The van der Waals surface area contributed by atoms with Gasteiger partial charge < -0.3 is 9.84 Å². The van der Waals surface area contributed by atoms with Gasteiger partial charge in [-0.3, -0.25) is 4.68 Å². The lowest BCUT2D eigenvalue weighted by Crippen LogP contribution is -2.18. The molecule has 1 rings (SSSR count). The first-order valence-corrected chi connectivity index (χ1v) is 6.16. The summed E-state index contributed by atoms with van der Waals surface area (Å²) in [4.78, 5) is 0. The molecule has 0 aliphatic carbocycles. The molecule has 1 aromatic heterocycles. The van der Waals surface area contributed by atoms with E-state index in [0.29, 0.717) is 13.2 Å². The molecule has 1 heterocycles. The first-order valence-electron chi connectivity index (χ1n) is 6.16. The molecule has 0 amide bonds. The second-order valence-corrected chi connectivity index (χ2v) is 5.45. The Morgan fingerprint density at radius 2 is 2.12 bits per heavy atom. The Labute approximate surface area is 104 Å². The number of aryl methyl sites for hydroxylation is 1. The molecule has 1 atom stereocenters. The van der Waals surface area contributed by atoms with Gasteiger partial charge in [0.2, 0.25) is 0 Å². The number of hydrogen-bond acceptors (Lipinski definition) is 3. The molecular formula is C13H24N2O2. The zero-order valence-corrected chi connectivity index (χ0v) is 11.5. The zero-order chi connectivity index (χ0) is 13.1. The van der Waals surface area contributed by atoms with E-state index in [9.17, 15) is 5.11 Å². The van der Waals surface area contributed by atoms with Crippen LogP contribution in [0.25, 0.3) is 0 Å². The third-order valence-electron chi connectivity index (χ3n) is 2.55. The smallest absolute Gasteiger partial charge is 0.106 e. The summed E-state index contributed by atoms with van der Waals surface area (Å²) in [6.45, 7) is 9.36. The maximum atomic E-state index is 10.1. The Morgan fingerprint density at radius 3 is 2.65 bits per heavy atom. The van der Waals surface area contributed by atoms with Crippen molar-refractivity contribution >= 4 is 0 Å². The number of aliphatic hydroxyl groups is 1. The number of nitrogens with zero attached hydrogens (tertiary/aromatic N) is 2. The largest absolute Gasteiger partial charge is 0.386 e. The van der Waals surface area contributed by atoms with Crippen molar-refractivity contribution < 1.29 is 9.84 Å². The highest BCUT2D eigenvalue weighted by molar-refractivity contribution is 5.26. The number of hydrogen-bond donors (Lipinski definition) is 1. The van der Waals surface area contributed by atoms with Gasteiger partial charge >= 0.3 is 0 Å². The van der Waals surface area contributed by atoms with Crippen LogP contribution in [0.3, 0.4) is 0 Å². The van der Waals surface area contributed by atoms with Crippen LogP contribution in [0.1, 0.15) is 51.5 Å². The van der Waals surface area contributed by atoms with E-state index in [4.69, 9.17) is 4.74 Å². The summed E-state index contributed by atoms with van der Waals surface area (Å²) in [6, 6.07) is 0. The molecule has 0 saturated carbocycles. The van der Waals surface area contributed by atoms with Gasteiger partial charge in [0, 0.05) is 30.8 Å². The minimum atomic E-state index is -0.593. The van der Waals surface area contributed by atoms with Gasteiger partial charge in [0.25, 0.3) is 0 Å². The van der Waals surface area contributed by atoms with Crippen LogP contribution in [0.4, 0.5) is 0 Å². The monoisotopic (exact) mass is 240 g/mol. The molecule has 1 aromatic rings. The van der Waals surface area contributed by atoms with E-state index in [1.54, 1.807) is 4.68 Å². The lowest BCUT2D eigenvalue weighted by atomic mass is 9.88. The average molecular weight is 240 g/mol. The molecule has 0 aliphatic rings. The molecule has 17 heavy (non-hydrogen) atoms. The molecule has 0 aromatic carbocycles. The van der Waals surface area contributed by atoms with Gasteiger partial charge in [-0.2, -0.15) is 5.10 Å². The third kappa shape index (κ3) is 3.82. The summed E-state index contributed by atoms with van der Waals surface area (Å²) in [5.41, 5.74) is 1.74. The first-order chi connectivity index (χ1) is 7.86. The average Bonchev–Trinajstić information content (AvgIpc) is 2.60. The van der Waals surface area contributed by atoms with Crippen LogP contribution in [0.2, 0.25) is 0 Å². The van der Waals surface area contributed by atoms with Gasteiger partial charge in [0.1, 0.15) is 6.10 Å². The Morgan fingerprint density at radius 1 is 1.47 bits per heavy atom. The molecular weight excluding hydrogens is 216 g/mol. The molecule has 0 fully saturated rings. The summed E-state index contributed by atoms with van der Waals surface area (Å²) in [7, 11) is 1.87. The fourth-order valence-corrected chi connectivity index (χ4v) is 1.76. The van der Waals surface area contributed by atoms with Crippen LogP contribution in [-0.4, -0.2) is 28.1 Å². The van der Waals surface area contributed by atoms with Gasteiger partial charge in [-0.25, -0.2) is 0 Å². The van der Waals surface area contributed by atoms with Crippen LogP contribution in [-0.2, 0) is 17.2 Å². The molecule has 0 bridgehead atoms. The van der Waals surface area contributed by atoms with Crippen LogP contribution in [0.15, 0.2) is 6.20 Å². The van der Waals surface area contributed by atoms with Gasteiger partial charge in [-0.1, -0.05) is 27.7 Å². The van der Waals surface area contributed by atoms with Gasteiger partial charge in [-0.05, 0) is 6.42 Å². The summed E-state index contributed by atoms with van der Waals surface area (Å²) in [5.74, 6) is 0. The molecule has 0 aliphatic heterocycles. The Balaban J connectivity index is 2.82. The van der Waals surface area contributed by atoms with Crippen molar-refractivity contribution in [1.82, 2.24) is 9.78 Å².